The summed E-state index contributed by atoms with van der Waals surface area (Å²) in [6.45, 7) is 3.07. The third-order valence-electron chi connectivity index (χ3n) is 3.69. The van der Waals surface area contributed by atoms with Gasteiger partial charge in [0.1, 0.15) is 0 Å². The normalized spacial score (nSPS) is 18.3. The lowest BCUT2D eigenvalue weighted by Crippen LogP contribution is -2.28. The molecule has 1 saturated heterocycles. The minimum absolute atomic E-state index is 0.0355. The summed E-state index contributed by atoms with van der Waals surface area (Å²) < 4.78 is 1.61. The minimum Gasteiger partial charge on any atom is -0.298 e. The van der Waals surface area contributed by atoms with E-state index in [4.69, 9.17) is 0 Å². The Kier molecular flexibility index (Phi) is 3.94. The first kappa shape index (κ1) is 12.8. The highest BCUT2D eigenvalue weighted by atomic mass is 32.1. The molecule has 1 fully saturated rings. The van der Waals surface area contributed by atoms with E-state index in [-0.39, 0.29) is 5.56 Å². The fraction of sp³-hybridized carbons (Fsp3) is 0.571. The van der Waals surface area contributed by atoms with Crippen LogP contribution in [0.1, 0.15) is 37.8 Å². The van der Waals surface area contributed by atoms with Gasteiger partial charge in [0, 0.05) is 24.2 Å². The molecule has 0 atom stereocenters. The molecule has 0 unspecified atom stereocenters. The summed E-state index contributed by atoms with van der Waals surface area (Å²) in [6.07, 6.45) is 8.34. The van der Waals surface area contributed by atoms with Crippen LogP contribution >= 0.6 is 11.3 Å². The minimum atomic E-state index is 0.0355. The lowest BCUT2D eigenvalue weighted by atomic mass is 10.1. The van der Waals surface area contributed by atoms with E-state index in [1.165, 1.54) is 43.4 Å². The van der Waals surface area contributed by atoms with E-state index in [1.54, 1.807) is 16.7 Å². The number of hydrogen-bond acceptors (Lipinski definition) is 4. The van der Waals surface area contributed by atoms with Crippen molar-refractivity contribution in [2.45, 2.75) is 38.6 Å². The van der Waals surface area contributed by atoms with Gasteiger partial charge in [-0.3, -0.25) is 14.1 Å². The molecular weight excluding hydrogens is 258 g/mol. The maximum atomic E-state index is 11.9. The fourth-order valence-corrected chi connectivity index (χ4v) is 3.41. The van der Waals surface area contributed by atoms with Crippen LogP contribution in [0.2, 0.25) is 0 Å². The molecule has 1 aliphatic rings. The van der Waals surface area contributed by atoms with Gasteiger partial charge >= 0.3 is 0 Å². The van der Waals surface area contributed by atoms with Gasteiger partial charge in [0.05, 0.1) is 5.69 Å². The van der Waals surface area contributed by atoms with Gasteiger partial charge < -0.3 is 0 Å². The van der Waals surface area contributed by atoms with Crippen LogP contribution in [0, 0.1) is 0 Å². The van der Waals surface area contributed by atoms with Crippen molar-refractivity contribution < 1.29 is 0 Å². The van der Waals surface area contributed by atoms with Crippen molar-refractivity contribution in [1.82, 2.24) is 14.3 Å². The van der Waals surface area contributed by atoms with Crippen molar-refractivity contribution in [3.63, 3.8) is 0 Å². The summed E-state index contributed by atoms with van der Waals surface area (Å²) in [4.78, 5) is 19.8. The first-order chi connectivity index (χ1) is 9.33. The second-order valence-corrected chi connectivity index (χ2v) is 6.06. The molecule has 0 aliphatic carbocycles. The van der Waals surface area contributed by atoms with E-state index < -0.39 is 0 Å². The Morgan fingerprint density at radius 3 is 2.68 bits per heavy atom. The summed E-state index contributed by atoms with van der Waals surface area (Å²) in [5, 5.41) is 1.91. The smallest absolute Gasteiger partial charge is 0.258 e. The number of likely N-dealkylation sites (tertiary alicyclic amines) is 1. The molecular formula is C14H19N3OS. The second-order valence-electron chi connectivity index (χ2n) is 5.19. The van der Waals surface area contributed by atoms with Gasteiger partial charge in [-0.1, -0.05) is 19.3 Å². The Morgan fingerprint density at radius 2 is 1.89 bits per heavy atom. The first-order valence-electron chi connectivity index (χ1n) is 7.01. The quantitative estimate of drug-likeness (QED) is 0.846. The topological polar surface area (TPSA) is 37.6 Å². The Hall–Kier alpha value is -1.20. The van der Waals surface area contributed by atoms with Gasteiger partial charge in [0.15, 0.2) is 4.96 Å². The lowest BCUT2D eigenvalue weighted by Gasteiger charge is -2.23. The first-order valence-corrected chi connectivity index (χ1v) is 7.89. The molecule has 2 aromatic heterocycles. The van der Waals surface area contributed by atoms with Gasteiger partial charge in [-0.25, -0.2) is 4.98 Å². The molecule has 4 nitrogen and oxygen atoms in total. The number of aromatic nitrogens is 2. The van der Waals surface area contributed by atoms with Crippen molar-refractivity contribution in [1.29, 1.82) is 0 Å². The molecule has 0 aromatic carbocycles. The van der Waals surface area contributed by atoms with Crippen LogP contribution < -0.4 is 5.56 Å². The zero-order valence-corrected chi connectivity index (χ0v) is 11.9. The highest BCUT2D eigenvalue weighted by Crippen LogP contribution is 2.13. The van der Waals surface area contributed by atoms with E-state index in [0.717, 1.165) is 30.3 Å². The predicted octanol–water partition coefficient (Wildman–Crippen LogP) is 2.52. The zero-order valence-electron chi connectivity index (χ0n) is 11.0. The molecule has 3 heterocycles. The molecule has 0 spiro atoms. The van der Waals surface area contributed by atoms with E-state index in [1.807, 2.05) is 5.38 Å². The van der Waals surface area contributed by atoms with Gasteiger partial charge in [-0.2, -0.15) is 0 Å². The van der Waals surface area contributed by atoms with Crippen LogP contribution in [0.5, 0.6) is 0 Å². The molecule has 0 radical (unpaired) electrons. The molecule has 0 amide bonds. The molecule has 19 heavy (non-hydrogen) atoms. The molecule has 2 aromatic rings. The maximum absolute atomic E-state index is 11.9. The second kappa shape index (κ2) is 5.84. The van der Waals surface area contributed by atoms with Gasteiger partial charge in [0.2, 0.25) is 0 Å². The van der Waals surface area contributed by atoms with Crippen LogP contribution in [0.4, 0.5) is 0 Å². The summed E-state index contributed by atoms with van der Waals surface area (Å²) in [5.41, 5.74) is 0.946. The SMILES string of the molecule is O=c1cc(CN2CCCCCCC2)nc2sccn12. The summed E-state index contributed by atoms with van der Waals surface area (Å²) in [5.74, 6) is 0. The standard InChI is InChI=1S/C14H19N3OS/c18-13-10-12(15-14-17(13)8-9-19-14)11-16-6-4-2-1-3-5-7-16/h8-10H,1-7,11H2. The fourth-order valence-electron chi connectivity index (χ4n) is 2.67. The maximum Gasteiger partial charge on any atom is 0.258 e. The van der Waals surface area contributed by atoms with Crippen molar-refractivity contribution in [2.24, 2.45) is 0 Å². The van der Waals surface area contributed by atoms with E-state index >= 15 is 0 Å². The Bertz CT molecular complexity index is 596. The Labute approximate surface area is 116 Å². The summed E-state index contributed by atoms with van der Waals surface area (Å²) in [6, 6.07) is 1.68. The Balaban J connectivity index is 1.77. The molecule has 0 bridgehead atoms. The van der Waals surface area contributed by atoms with Crippen molar-refractivity contribution >= 4 is 16.3 Å². The highest BCUT2D eigenvalue weighted by Gasteiger charge is 2.11. The predicted molar refractivity (Wildman–Crippen MR) is 77.7 cm³/mol. The number of rotatable bonds is 2. The van der Waals surface area contributed by atoms with Gasteiger partial charge in [-0.15, -0.1) is 11.3 Å². The van der Waals surface area contributed by atoms with Crippen molar-refractivity contribution in [2.75, 3.05) is 13.1 Å². The van der Waals surface area contributed by atoms with Crippen LogP contribution in [-0.2, 0) is 6.54 Å². The number of thiazole rings is 1. The highest BCUT2D eigenvalue weighted by molar-refractivity contribution is 7.15. The zero-order chi connectivity index (χ0) is 13.1. The molecule has 102 valence electrons. The van der Waals surface area contributed by atoms with Crippen LogP contribution in [0.25, 0.3) is 4.96 Å². The third-order valence-corrected chi connectivity index (χ3v) is 4.45. The van der Waals surface area contributed by atoms with Crippen molar-refractivity contribution in [3.05, 3.63) is 33.7 Å². The lowest BCUT2D eigenvalue weighted by molar-refractivity contribution is 0.237. The summed E-state index contributed by atoms with van der Waals surface area (Å²) >= 11 is 1.52. The monoisotopic (exact) mass is 277 g/mol. The third kappa shape index (κ3) is 3.04. The van der Waals surface area contributed by atoms with Crippen LogP contribution in [0.15, 0.2) is 22.4 Å². The number of nitrogens with zero attached hydrogens (tertiary/aromatic N) is 3. The molecule has 3 rings (SSSR count). The van der Waals surface area contributed by atoms with Crippen LogP contribution in [-0.4, -0.2) is 27.4 Å². The van der Waals surface area contributed by atoms with E-state index in [9.17, 15) is 4.79 Å². The largest absolute Gasteiger partial charge is 0.298 e. The van der Waals surface area contributed by atoms with E-state index in [2.05, 4.69) is 9.88 Å². The average molecular weight is 277 g/mol. The molecule has 0 N–H and O–H groups in total. The average Bonchev–Trinajstić information content (AvgIpc) is 2.81. The number of fused-ring (bicyclic) bond motifs is 1. The van der Waals surface area contributed by atoms with E-state index in [0.29, 0.717) is 0 Å². The van der Waals surface area contributed by atoms with Crippen molar-refractivity contribution in [3.8, 4) is 0 Å². The van der Waals surface area contributed by atoms with Gasteiger partial charge in [-0.05, 0) is 25.9 Å². The summed E-state index contributed by atoms with van der Waals surface area (Å²) in [7, 11) is 0. The van der Waals surface area contributed by atoms with Crippen LogP contribution in [0.3, 0.4) is 0 Å². The number of hydrogen-bond donors (Lipinski definition) is 0. The molecule has 5 heteroatoms. The van der Waals surface area contributed by atoms with Gasteiger partial charge in [0.25, 0.3) is 5.56 Å². The molecule has 1 aliphatic heterocycles. The Morgan fingerprint density at radius 1 is 1.16 bits per heavy atom. The molecule has 0 saturated carbocycles.